The summed E-state index contributed by atoms with van der Waals surface area (Å²) in [6, 6.07) is 1.32. The fraction of sp³-hybridized carbons (Fsp3) is 0.667. The van der Waals surface area contributed by atoms with Crippen molar-refractivity contribution in [2.75, 3.05) is 33.4 Å². The van der Waals surface area contributed by atoms with Crippen molar-refractivity contribution < 1.29 is 23.8 Å². The zero-order valence-corrected chi connectivity index (χ0v) is 15.1. The van der Waals surface area contributed by atoms with Crippen LogP contribution in [0.1, 0.15) is 44.1 Å². The summed E-state index contributed by atoms with van der Waals surface area (Å²) >= 11 is 0. The molecular formula is C18H27NO6. The van der Waals surface area contributed by atoms with Crippen molar-refractivity contribution in [2.45, 2.75) is 39.2 Å². The number of aromatic hydroxyl groups is 1. The van der Waals surface area contributed by atoms with E-state index in [1.54, 1.807) is 0 Å². The van der Waals surface area contributed by atoms with Crippen LogP contribution in [0.5, 0.6) is 5.75 Å². The summed E-state index contributed by atoms with van der Waals surface area (Å²) in [6.07, 6.45) is 0.665. The number of hydrogen-bond donors (Lipinski definition) is 1. The largest absolute Gasteiger partial charge is 0.502 e. The highest BCUT2D eigenvalue weighted by Gasteiger charge is 2.26. The first-order valence-corrected chi connectivity index (χ1v) is 8.63. The molecule has 25 heavy (non-hydrogen) atoms. The number of morpholine rings is 1. The number of carbonyl (C=O) groups is 1. The van der Waals surface area contributed by atoms with Gasteiger partial charge in [-0.2, -0.15) is 0 Å². The van der Waals surface area contributed by atoms with Crippen LogP contribution in [-0.2, 0) is 20.8 Å². The topological polar surface area (TPSA) is 89.2 Å². The molecule has 1 fully saturated rings. The van der Waals surface area contributed by atoms with Gasteiger partial charge in [-0.3, -0.25) is 14.5 Å². The van der Waals surface area contributed by atoms with Crippen LogP contribution in [0.25, 0.3) is 0 Å². The molecule has 1 aliphatic rings. The summed E-state index contributed by atoms with van der Waals surface area (Å²) in [6.45, 7) is 7.31. The Labute approximate surface area is 147 Å². The second kappa shape index (κ2) is 9.01. The van der Waals surface area contributed by atoms with Crippen molar-refractivity contribution in [1.82, 2.24) is 4.90 Å². The molecule has 0 saturated carbocycles. The minimum absolute atomic E-state index is 0.0617. The molecule has 1 atom stereocenters. The molecule has 0 bridgehead atoms. The summed E-state index contributed by atoms with van der Waals surface area (Å²) in [5, 5.41) is 10.2. The Morgan fingerprint density at radius 2 is 2.04 bits per heavy atom. The lowest BCUT2D eigenvalue weighted by Crippen LogP contribution is -2.35. The zero-order chi connectivity index (χ0) is 18.4. The molecule has 140 valence electrons. The van der Waals surface area contributed by atoms with Gasteiger partial charge in [0, 0.05) is 25.1 Å². The van der Waals surface area contributed by atoms with Gasteiger partial charge in [0.15, 0.2) is 5.76 Å². The van der Waals surface area contributed by atoms with E-state index in [4.69, 9.17) is 13.9 Å². The van der Waals surface area contributed by atoms with Gasteiger partial charge in [-0.1, -0.05) is 13.8 Å². The summed E-state index contributed by atoms with van der Waals surface area (Å²) in [7, 11) is 1.32. The Balaban J connectivity index is 2.28. The van der Waals surface area contributed by atoms with E-state index < -0.39 is 23.1 Å². The molecule has 0 radical (unpaired) electrons. The molecule has 7 nitrogen and oxygen atoms in total. The van der Waals surface area contributed by atoms with E-state index in [9.17, 15) is 14.7 Å². The van der Waals surface area contributed by atoms with Gasteiger partial charge in [0.2, 0.25) is 11.2 Å². The summed E-state index contributed by atoms with van der Waals surface area (Å²) in [5.41, 5.74) is -0.483. The lowest BCUT2D eigenvalue weighted by atomic mass is 9.91. The van der Waals surface area contributed by atoms with Gasteiger partial charge < -0.3 is 19.0 Å². The Morgan fingerprint density at radius 1 is 1.36 bits per heavy atom. The first-order valence-electron chi connectivity index (χ1n) is 8.63. The molecule has 0 unspecified atom stereocenters. The predicted molar refractivity (Wildman–Crippen MR) is 91.6 cm³/mol. The molecule has 2 heterocycles. The van der Waals surface area contributed by atoms with Crippen molar-refractivity contribution in [2.24, 2.45) is 5.92 Å². The van der Waals surface area contributed by atoms with Crippen LogP contribution >= 0.6 is 0 Å². The number of carbonyl (C=O) groups excluding carboxylic acids is 1. The standard InChI is InChI=1S/C18H27NO6/c1-12(2)8-13(9-16(21)23-3)18-17(22)15(20)10-14(25-18)11-19-4-6-24-7-5-19/h10,12-13,22H,4-9,11H2,1-3H3/t13-/m0/s1. The maximum atomic E-state index is 12.2. The Kier molecular flexibility index (Phi) is 7.01. The molecule has 0 amide bonds. The monoisotopic (exact) mass is 353 g/mol. The summed E-state index contributed by atoms with van der Waals surface area (Å²) in [5.74, 6) is -0.285. The molecular weight excluding hydrogens is 326 g/mol. The molecule has 7 heteroatoms. The Hall–Kier alpha value is -1.86. The molecule has 1 N–H and O–H groups in total. The minimum atomic E-state index is -0.483. The third-order valence-electron chi connectivity index (χ3n) is 4.25. The Bertz CT molecular complexity index is 633. The molecule has 2 rings (SSSR count). The fourth-order valence-corrected chi connectivity index (χ4v) is 3.03. The molecule has 1 aliphatic heterocycles. The molecule has 0 spiro atoms. The van der Waals surface area contributed by atoms with Crippen LogP contribution in [0, 0.1) is 5.92 Å². The van der Waals surface area contributed by atoms with E-state index in [0.717, 1.165) is 13.1 Å². The van der Waals surface area contributed by atoms with Gasteiger partial charge in [-0.15, -0.1) is 0 Å². The highest BCUT2D eigenvalue weighted by Crippen LogP contribution is 2.32. The zero-order valence-electron chi connectivity index (χ0n) is 15.1. The van der Waals surface area contributed by atoms with Crippen LogP contribution in [0.3, 0.4) is 0 Å². The van der Waals surface area contributed by atoms with Gasteiger partial charge in [0.25, 0.3) is 0 Å². The van der Waals surface area contributed by atoms with Crippen molar-refractivity contribution in [3.63, 3.8) is 0 Å². The fourth-order valence-electron chi connectivity index (χ4n) is 3.03. The minimum Gasteiger partial charge on any atom is -0.502 e. The van der Waals surface area contributed by atoms with E-state index in [1.165, 1.54) is 13.2 Å². The number of esters is 1. The van der Waals surface area contributed by atoms with Crippen molar-refractivity contribution in [3.05, 3.63) is 27.8 Å². The van der Waals surface area contributed by atoms with Gasteiger partial charge in [-0.25, -0.2) is 0 Å². The van der Waals surface area contributed by atoms with Crippen molar-refractivity contribution in [3.8, 4) is 5.75 Å². The Morgan fingerprint density at radius 3 is 2.64 bits per heavy atom. The van der Waals surface area contributed by atoms with Crippen molar-refractivity contribution in [1.29, 1.82) is 0 Å². The number of methoxy groups -OCH3 is 1. The molecule has 1 aromatic rings. The SMILES string of the molecule is COC(=O)C[C@H](CC(C)C)c1oc(CN2CCOCC2)cc(=O)c1O. The van der Waals surface area contributed by atoms with E-state index in [0.29, 0.717) is 31.9 Å². The van der Waals surface area contributed by atoms with Crippen LogP contribution in [-0.4, -0.2) is 49.4 Å². The molecule has 1 saturated heterocycles. The first kappa shape index (κ1) is 19.5. The third kappa shape index (κ3) is 5.57. The van der Waals surface area contributed by atoms with Crippen LogP contribution in [0.15, 0.2) is 15.3 Å². The highest BCUT2D eigenvalue weighted by atomic mass is 16.5. The van der Waals surface area contributed by atoms with Crippen molar-refractivity contribution >= 4 is 5.97 Å². The van der Waals surface area contributed by atoms with Gasteiger partial charge in [-0.05, 0) is 12.3 Å². The third-order valence-corrected chi connectivity index (χ3v) is 4.25. The van der Waals surface area contributed by atoms with E-state index in [1.807, 2.05) is 13.8 Å². The number of hydrogen-bond acceptors (Lipinski definition) is 7. The average Bonchev–Trinajstić information content (AvgIpc) is 2.57. The average molecular weight is 353 g/mol. The molecule has 0 aliphatic carbocycles. The van der Waals surface area contributed by atoms with E-state index in [2.05, 4.69) is 4.90 Å². The molecule has 1 aromatic heterocycles. The summed E-state index contributed by atoms with van der Waals surface area (Å²) < 4.78 is 15.9. The number of rotatable bonds is 7. The smallest absolute Gasteiger partial charge is 0.306 e. The molecule has 0 aromatic carbocycles. The second-order valence-corrected chi connectivity index (χ2v) is 6.79. The maximum Gasteiger partial charge on any atom is 0.306 e. The number of ether oxygens (including phenoxy) is 2. The lowest BCUT2D eigenvalue weighted by Gasteiger charge is -2.26. The van der Waals surface area contributed by atoms with Gasteiger partial charge in [0.05, 0.1) is 33.3 Å². The maximum absolute atomic E-state index is 12.2. The van der Waals surface area contributed by atoms with Crippen LogP contribution < -0.4 is 5.43 Å². The van der Waals surface area contributed by atoms with Gasteiger partial charge >= 0.3 is 5.97 Å². The number of nitrogens with zero attached hydrogens (tertiary/aromatic N) is 1. The highest BCUT2D eigenvalue weighted by molar-refractivity contribution is 5.70. The van der Waals surface area contributed by atoms with Crippen LogP contribution in [0.2, 0.25) is 0 Å². The van der Waals surface area contributed by atoms with Gasteiger partial charge in [0.1, 0.15) is 5.76 Å². The lowest BCUT2D eigenvalue weighted by molar-refractivity contribution is -0.141. The van der Waals surface area contributed by atoms with Crippen LogP contribution in [0.4, 0.5) is 0 Å². The van der Waals surface area contributed by atoms with E-state index in [-0.39, 0.29) is 18.1 Å². The first-order chi connectivity index (χ1) is 11.9. The predicted octanol–water partition coefficient (Wildman–Crippen LogP) is 1.87. The second-order valence-electron chi connectivity index (χ2n) is 6.79. The quantitative estimate of drug-likeness (QED) is 0.749. The summed E-state index contributed by atoms with van der Waals surface area (Å²) in [4.78, 5) is 26.0. The van der Waals surface area contributed by atoms with E-state index >= 15 is 0 Å². The normalized spacial score (nSPS) is 16.8.